The fraction of sp³-hybridized carbons (Fsp3) is 0.231. The molecule has 0 spiro atoms. The van der Waals surface area contributed by atoms with Gasteiger partial charge in [0.15, 0.2) is 0 Å². The van der Waals surface area contributed by atoms with Crippen molar-refractivity contribution in [2.24, 2.45) is 5.73 Å². The predicted molar refractivity (Wildman–Crippen MR) is 75.3 cm³/mol. The van der Waals surface area contributed by atoms with Gasteiger partial charge in [0.25, 0.3) is 0 Å². The molecule has 1 unspecified atom stereocenters. The highest BCUT2D eigenvalue weighted by atomic mass is 79.9. The predicted octanol–water partition coefficient (Wildman–Crippen LogP) is 3.70. The lowest BCUT2D eigenvalue weighted by Crippen LogP contribution is -2.25. The van der Waals surface area contributed by atoms with Crippen LogP contribution >= 0.6 is 27.7 Å². The van der Waals surface area contributed by atoms with Gasteiger partial charge in [-0.2, -0.15) is 0 Å². The summed E-state index contributed by atoms with van der Waals surface area (Å²) >= 11 is 5.23. The van der Waals surface area contributed by atoms with Crippen molar-refractivity contribution in [2.45, 2.75) is 17.4 Å². The Morgan fingerprint density at radius 2 is 2.18 bits per heavy atom. The van der Waals surface area contributed by atoms with Crippen molar-refractivity contribution in [1.29, 1.82) is 0 Å². The fourth-order valence-corrected chi connectivity index (χ4v) is 2.97. The van der Waals surface area contributed by atoms with E-state index in [1.807, 2.05) is 24.3 Å². The molecule has 0 saturated heterocycles. The second-order valence-electron chi connectivity index (χ2n) is 3.81. The third kappa shape index (κ3) is 4.22. The number of benzene rings is 1. The molecule has 0 aliphatic carbocycles. The summed E-state index contributed by atoms with van der Waals surface area (Å²) in [5.41, 5.74) is 6.06. The first kappa shape index (κ1) is 12.7. The number of furan rings is 1. The minimum Gasteiger partial charge on any atom is -0.469 e. The van der Waals surface area contributed by atoms with Gasteiger partial charge >= 0.3 is 0 Å². The molecule has 0 amide bonds. The van der Waals surface area contributed by atoms with Gasteiger partial charge in [0, 0.05) is 27.6 Å². The molecule has 1 atom stereocenters. The highest BCUT2D eigenvalue weighted by Crippen LogP contribution is 2.22. The summed E-state index contributed by atoms with van der Waals surface area (Å²) in [5.74, 6) is 1.84. The van der Waals surface area contributed by atoms with Crippen LogP contribution in [0.25, 0.3) is 0 Å². The monoisotopic (exact) mass is 311 g/mol. The number of rotatable bonds is 5. The SMILES string of the molecule is NC(CSc1cccc(Br)c1)Cc1ccco1. The van der Waals surface area contributed by atoms with E-state index in [9.17, 15) is 0 Å². The number of hydrogen-bond acceptors (Lipinski definition) is 3. The molecule has 0 radical (unpaired) electrons. The van der Waals surface area contributed by atoms with E-state index in [1.165, 1.54) is 4.90 Å². The van der Waals surface area contributed by atoms with Gasteiger partial charge in [0.1, 0.15) is 5.76 Å². The van der Waals surface area contributed by atoms with Crippen molar-refractivity contribution in [2.75, 3.05) is 5.75 Å². The second kappa shape index (κ2) is 6.28. The van der Waals surface area contributed by atoms with Crippen LogP contribution in [0.2, 0.25) is 0 Å². The first-order valence-electron chi connectivity index (χ1n) is 5.40. The number of thioether (sulfide) groups is 1. The smallest absolute Gasteiger partial charge is 0.105 e. The van der Waals surface area contributed by atoms with E-state index in [4.69, 9.17) is 10.2 Å². The minimum absolute atomic E-state index is 0.116. The van der Waals surface area contributed by atoms with Crippen LogP contribution in [-0.4, -0.2) is 11.8 Å². The van der Waals surface area contributed by atoms with Gasteiger partial charge in [-0.1, -0.05) is 22.0 Å². The first-order valence-corrected chi connectivity index (χ1v) is 7.18. The second-order valence-corrected chi connectivity index (χ2v) is 5.82. The van der Waals surface area contributed by atoms with Gasteiger partial charge in [-0.15, -0.1) is 11.8 Å². The largest absolute Gasteiger partial charge is 0.469 e. The summed E-state index contributed by atoms with van der Waals surface area (Å²) in [7, 11) is 0. The van der Waals surface area contributed by atoms with Crippen molar-refractivity contribution in [3.05, 3.63) is 52.9 Å². The van der Waals surface area contributed by atoms with Crippen LogP contribution in [0.5, 0.6) is 0 Å². The third-order valence-corrected chi connectivity index (χ3v) is 3.98. The molecule has 2 nitrogen and oxygen atoms in total. The lowest BCUT2D eigenvalue weighted by atomic mass is 10.2. The summed E-state index contributed by atoms with van der Waals surface area (Å²) in [5, 5.41) is 0. The lowest BCUT2D eigenvalue weighted by molar-refractivity contribution is 0.493. The fourth-order valence-electron chi connectivity index (χ4n) is 1.51. The van der Waals surface area contributed by atoms with E-state index >= 15 is 0 Å². The maximum atomic E-state index is 6.06. The number of nitrogens with two attached hydrogens (primary N) is 1. The minimum atomic E-state index is 0.116. The van der Waals surface area contributed by atoms with Crippen molar-refractivity contribution < 1.29 is 4.42 Å². The van der Waals surface area contributed by atoms with Crippen LogP contribution in [0, 0.1) is 0 Å². The zero-order valence-corrected chi connectivity index (χ0v) is 11.7. The summed E-state index contributed by atoms with van der Waals surface area (Å²) in [6.45, 7) is 0. The highest BCUT2D eigenvalue weighted by Gasteiger charge is 2.07. The summed E-state index contributed by atoms with van der Waals surface area (Å²) in [6.07, 6.45) is 2.47. The molecule has 0 fully saturated rings. The van der Waals surface area contributed by atoms with E-state index in [1.54, 1.807) is 18.0 Å². The van der Waals surface area contributed by atoms with Crippen LogP contribution < -0.4 is 5.73 Å². The van der Waals surface area contributed by atoms with Gasteiger partial charge in [-0.05, 0) is 30.3 Å². The van der Waals surface area contributed by atoms with E-state index in [-0.39, 0.29) is 6.04 Å². The van der Waals surface area contributed by atoms with Crippen molar-refractivity contribution in [1.82, 2.24) is 0 Å². The van der Waals surface area contributed by atoms with Crippen LogP contribution in [-0.2, 0) is 6.42 Å². The molecular weight excluding hydrogens is 298 g/mol. The van der Waals surface area contributed by atoms with Gasteiger partial charge in [0.05, 0.1) is 6.26 Å². The van der Waals surface area contributed by atoms with Gasteiger partial charge < -0.3 is 10.2 Å². The van der Waals surface area contributed by atoms with E-state index in [0.29, 0.717) is 0 Å². The Morgan fingerprint density at radius 1 is 1.29 bits per heavy atom. The Bertz CT molecular complexity index is 458. The molecule has 1 aromatic carbocycles. The molecule has 0 aliphatic rings. The van der Waals surface area contributed by atoms with Crippen molar-refractivity contribution >= 4 is 27.7 Å². The van der Waals surface area contributed by atoms with Crippen LogP contribution in [0.15, 0.2) is 56.4 Å². The quantitative estimate of drug-likeness (QED) is 0.856. The Labute approximate surface area is 114 Å². The van der Waals surface area contributed by atoms with E-state index < -0.39 is 0 Å². The van der Waals surface area contributed by atoms with Gasteiger partial charge in [-0.25, -0.2) is 0 Å². The molecule has 1 aromatic heterocycles. The molecule has 2 aromatic rings. The van der Waals surface area contributed by atoms with Crippen LogP contribution in [0.3, 0.4) is 0 Å². The van der Waals surface area contributed by atoms with E-state index in [0.717, 1.165) is 22.4 Å². The molecule has 0 bridgehead atoms. The molecule has 2 N–H and O–H groups in total. The summed E-state index contributed by atoms with van der Waals surface area (Å²) in [4.78, 5) is 1.23. The van der Waals surface area contributed by atoms with E-state index in [2.05, 4.69) is 28.1 Å². The maximum absolute atomic E-state index is 6.06. The highest BCUT2D eigenvalue weighted by molar-refractivity contribution is 9.10. The Balaban J connectivity index is 1.82. The Kier molecular flexibility index (Phi) is 4.71. The van der Waals surface area contributed by atoms with Gasteiger partial charge in [0.2, 0.25) is 0 Å². The summed E-state index contributed by atoms with van der Waals surface area (Å²) < 4.78 is 6.38. The maximum Gasteiger partial charge on any atom is 0.105 e. The Morgan fingerprint density at radius 3 is 2.88 bits per heavy atom. The van der Waals surface area contributed by atoms with Crippen molar-refractivity contribution in [3.63, 3.8) is 0 Å². The molecule has 1 heterocycles. The molecule has 17 heavy (non-hydrogen) atoms. The molecule has 90 valence electrons. The average Bonchev–Trinajstić information content (AvgIpc) is 2.79. The average molecular weight is 312 g/mol. The lowest BCUT2D eigenvalue weighted by Gasteiger charge is -2.09. The topological polar surface area (TPSA) is 39.2 Å². The van der Waals surface area contributed by atoms with Crippen LogP contribution in [0.4, 0.5) is 0 Å². The van der Waals surface area contributed by atoms with Crippen molar-refractivity contribution in [3.8, 4) is 0 Å². The van der Waals surface area contributed by atoms with Crippen LogP contribution in [0.1, 0.15) is 5.76 Å². The molecule has 2 rings (SSSR count). The Hall–Kier alpha value is -0.710. The number of hydrogen-bond donors (Lipinski definition) is 1. The molecule has 4 heteroatoms. The van der Waals surface area contributed by atoms with Gasteiger partial charge in [-0.3, -0.25) is 0 Å². The normalized spacial score (nSPS) is 12.6. The summed E-state index contributed by atoms with van der Waals surface area (Å²) in [6, 6.07) is 12.2. The molecule has 0 saturated carbocycles. The zero-order valence-electron chi connectivity index (χ0n) is 9.30. The first-order chi connectivity index (χ1) is 8.24. The zero-order chi connectivity index (χ0) is 12.1. The molecule has 0 aliphatic heterocycles. The number of halogens is 1. The third-order valence-electron chi connectivity index (χ3n) is 2.30. The molecular formula is C13H14BrNOS. The standard InChI is InChI=1S/C13H14BrNOS/c14-10-3-1-5-13(7-10)17-9-11(15)8-12-4-2-6-16-12/h1-7,11H,8-9,15H2.